The van der Waals surface area contributed by atoms with E-state index < -0.39 is 0 Å². The van der Waals surface area contributed by atoms with Gasteiger partial charge < -0.3 is 19.5 Å². The van der Waals surface area contributed by atoms with Crippen LogP contribution in [0.3, 0.4) is 0 Å². The maximum absolute atomic E-state index is 13.4. The van der Waals surface area contributed by atoms with E-state index in [4.69, 9.17) is 9.26 Å². The molecule has 2 aromatic heterocycles. The lowest BCUT2D eigenvalue weighted by molar-refractivity contribution is -0.125. The van der Waals surface area contributed by atoms with Crippen LogP contribution in [0.5, 0.6) is 5.75 Å². The van der Waals surface area contributed by atoms with Gasteiger partial charge in [-0.25, -0.2) is 9.37 Å². The van der Waals surface area contributed by atoms with Crippen LogP contribution in [0.1, 0.15) is 18.4 Å². The summed E-state index contributed by atoms with van der Waals surface area (Å²) in [5, 5.41) is 7.87. The number of amides is 1. The molecule has 1 amide bonds. The SMILES string of the molecule is COc1ccccc1CNC(=O)C1CCCN(c2ncnc3onc(-c4ccc(F)cc4)c23)C1. The Balaban J connectivity index is 1.36. The number of para-hydroxylation sites is 1. The molecule has 1 fully saturated rings. The number of halogens is 1. The molecule has 1 saturated heterocycles. The topological polar surface area (TPSA) is 93.4 Å². The van der Waals surface area contributed by atoms with Crippen molar-refractivity contribution < 1.29 is 18.4 Å². The fraction of sp³-hybridized carbons (Fsp3) is 0.280. The largest absolute Gasteiger partial charge is 0.496 e. The zero-order valence-electron chi connectivity index (χ0n) is 18.7. The first-order chi connectivity index (χ1) is 16.6. The van der Waals surface area contributed by atoms with Crippen LogP contribution in [0.2, 0.25) is 0 Å². The van der Waals surface area contributed by atoms with Gasteiger partial charge in [0.2, 0.25) is 5.91 Å². The number of piperidine rings is 1. The summed E-state index contributed by atoms with van der Waals surface area (Å²) < 4.78 is 24.2. The molecule has 0 bridgehead atoms. The average molecular weight is 461 g/mol. The first-order valence-corrected chi connectivity index (χ1v) is 11.1. The van der Waals surface area contributed by atoms with Crippen LogP contribution in [-0.2, 0) is 11.3 Å². The van der Waals surface area contributed by atoms with E-state index in [0.29, 0.717) is 41.3 Å². The highest BCUT2D eigenvalue weighted by Crippen LogP contribution is 2.34. The van der Waals surface area contributed by atoms with E-state index in [9.17, 15) is 9.18 Å². The van der Waals surface area contributed by atoms with Crippen LogP contribution in [0, 0.1) is 11.7 Å². The van der Waals surface area contributed by atoms with Gasteiger partial charge in [-0.15, -0.1) is 0 Å². The number of carbonyl (C=O) groups excluding carboxylic acids is 1. The number of ether oxygens (including phenoxy) is 1. The minimum absolute atomic E-state index is 0.00928. The van der Waals surface area contributed by atoms with Crippen LogP contribution >= 0.6 is 0 Å². The molecule has 0 radical (unpaired) electrons. The number of carbonyl (C=O) groups is 1. The zero-order valence-corrected chi connectivity index (χ0v) is 18.7. The number of anilines is 1. The summed E-state index contributed by atoms with van der Waals surface area (Å²) >= 11 is 0. The van der Waals surface area contributed by atoms with Crippen LogP contribution < -0.4 is 15.0 Å². The molecule has 1 atom stereocenters. The Hall–Kier alpha value is -4.01. The Bertz CT molecular complexity index is 1310. The molecule has 5 rings (SSSR count). The molecule has 34 heavy (non-hydrogen) atoms. The van der Waals surface area contributed by atoms with Crippen LogP contribution in [0.4, 0.5) is 10.2 Å². The van der Waals surface area contributed by atoms with Crippen molar-refractivity contribution in [3.8, 4) is 17.0 Å². The van der Waals surface area contributed by atoms with Gasteiger partial charge in [0.1, 0.15) is 34.8 Å². The van der Waals surface area contributed by atoms with Gasteiger partial charge in [-0.3, -0.25) is 4.79 Å². The lowest BCUT2D eigenvalue weighted by atomic mass is 9.96. The van der Waals surface area contributed by atoms with Crippen molar-refractivity contribution in [3.63, 3.8) is 0 Å². The molecule has 1 aliphatic heterocycles. The summed E-state index contributed by atoms with van der Waals surface area (Å²) in [4.78, 5) is 23.8. The quantitative estimate of drug-likeness (QED) is 0.464. The number of aromatic nitrogens is 3. The second-order valence-electron chi connectivity index (χ2n) is 8.23. The first kappa shape index (κ1) is 21.8. The maximum atomic E-state index is 13.4. The maximum Gasteiger partial charge on any atom is 0.263 e. The van der Waals surface area contributed by atoms with E-state index in [2.05, 4.69) is 25.3 Å². The highest BCUT2D eigenvalue weighted by Gasteiger charge is 2.29. The third kappa shape index (κ3) is 4.28. The molecule has 9 heteroatoms. The normalized spacial score (nSPS) is 15.9. The molecule has 8 nitrogen and oxygen atoms in total. The molecule has 0 spiro atoms. The Morgan fingerprint density at radius 1 is 1.21 bits per heavy atom. The van der Waals surface area contributed by atoms with Gasteiger partial charge in [0, 0.05) is 30.8 Å². The number of hydrogen-bond donors (Lipinski definition) is 1. The zero-order chi connectivity index (χ0) is 23.5. The molecule has 3 heterocycles. The molecule has 4 aromatic rings. The lowest BCUT2D eigenvalue weighted by Gasteiger charge is -2.33. The van der Waals surface area contributed by atoms with Crippen LogP contribution in [0.25, 0.3) is 22.4 Å². The summed E-state index contributed by atoms with van der Waals surface area (Å²) in [7, 11) is 1.62. The van der Waals surface area contributed by atoms with Crippen molar-refractivity contribution in [2.75, 3.05) is 25.1 Å². The molecule has 1 N–H and O–H groups in total. The molecule has 2 aromatic carbocycles. The number of benzene rings is 2. The molecule has 1 unspecified atom stereocenters. The number of nitrogens with one attached hydrogen (secondary N) is 1. The second kappa shape index (κ2) is 9.46. The monoisotopic (exact) mass is 461 g/mol. The fourth-order valence-electron chi connectivity index (χ4n) is 4.38. The predicted octanol–water partition coefficient (Wildman–Crippen LogP) is 3.97. The predicted molar refractivity (Wildman–Crippen MR) is 125 cm³/mol. The van der Waals surface area contributed by atoms with Gasteiger partial charge in [-0.05, 0) is 43.2 Å². The Labute approximate surface area is 195 Å². The lowest BCUT2D eigenvalue weighted by Crippen LogP contribution is -2.43. The van der Waals surface area contributed by atoms with E-state index in [-0.39, 0.29) is 17.6 Å². The van der Waals surface area contributed by atoms with E-state index >= 15 is 0 Å². The standard InChI is InChI=1S/C25H24FN5O3/c1-33-20-7-3-2-5-17(20)13-27-24(32)18-6-4-12-31(14-18)23-21-22(16-8-10-19(26)11-9-16)30-34-25(21)29-15-28-23/h2-3,5,7-11,15,18H,4,6,12-14H2,1H3,(H,27,32). The number of fused-ring (bicyclic) bond motifs is 1. The highest BCUT2D eigenvalue weighted by molar-refractivity contribution is 5.98. The van der Waals surface area contributed by atoms with Gasteiger partial charge in [0.15, 0.2) is 0 Å². The number of rotatable bonds is 6. The summed E-state index contributed by atoms with van der Waals surface area (Å²) in [6.45, 7) is 1.66. The third-order valence-corrected chi connectivity index (χ3v) is 6.11. The molecule has 1 aliphatic rings. The van der Waals surface area contributed by atoms with Crippen molar-refractivity contribution in [1.82, 2.24) is 20.4 Å². The molecule has 174 valence electrons. The van der Waals surface area contributed by atoms with Gasteiger partial charge in [0.05, 0.1) is 13.0 Å². The summed E-state index contributed by atoms with van der Waals surface area (Å²) in [5.41, 5.74) is 2.54. The number of nitrogens with zero attached hydrogens (tertiary/aromatic N) is 4. The van der Waals surface area contributed by atoms with Gasteiger partial charge in [-0.1, -0.05) is 23.4 Å². The minimum Gasteiger partial charge on any atom is -0.496 e. The van der Waals surface area contributed by atoms with Crippen molar-refractivity contribution in [1.29, 1.82) is 0 Å². The number of hydrogen-bond acceptors (Lipinski definition) is 7. The fourth-order valence-corrected chi connectivity index (χ4v) is 4.38. The Morgan fingerprint density at radius 3 is 2.85 bits per heavy atom. The molecule has 0 aliphatic carbocycles. The van der Waals surface area contributed by atoms with Crippen molar-refractivity contribution in [2.24, 2.45) is 5.92 Å². The molecular formula is C25H24FN5O3. The molecule has 0 saturated carbocycles. The second-order valence-corrected chi connectivity index (χ2v) is 8.23. The summed E-state index contributed by atoms with van der Waals surface area (Å²) in [6, 6.07) is 13.7. The van der Waals surface area contributed by atoms with E-state index in [1.54, 1.807) is 19.2 Å². The highest BCUT2D eigenvalue weighted by atomic mass is 19.1. The average Bonchev–Trinajstić information content (AvgIpc) is 3.32. The minimum atomic E-state index is -0.328. The van der Waals surface area contributed by atoms with E-state index in [0.717, 1.165) is 30.7 Å². The van der Waals surface area contributed by atoms with E-state index in [1.807, 2.05) is 24.3 Å². The van der Waals surface area contributed by atoms with Crippen LogP contribution in [0.15, 0.2) is 59.4 Å². The summed E-state index contributed by atoms with van der Waals surface area (Å²) in [6.07, 6.45) is 3.06. The Morgan fingerprint density at radius 2 is 2.03 bits per heavy atom. The summed E-state index contributed by atoms with van der Waals surface area (Å²) in [5.74, 6) is 0.878. The smallest absolute Gasteiger partial charge is 0.263 e. The third-order valence-electron chi connectivity index (χ3n) is 6.11. The van der Waals surface area contributed by atoms with Crippen molar-refractivity contribution in [2.45, 2.75) is 19.4 Å². The van der Waals surface area contributed by atoms with Crippen molar-refractivity contribution >= 4 is 22.8 Å². The first-order valence-electron chi connectivity index (χ1n) is 11.1. The van der Waals surface area contributed by atoms with Crippen LogP contribution in [-0.4, -0.2) is 41.2 Å². The van der Waals surface area contributed by atoms with Gasteiger partial charge in [-0.2, -0.15) is 4.98 Å². The van der Waals surface area contributed by atoms with Gasteiger partial charge >= 0.3 is 0 Å². The number of methoxy groups -OCH3 is 1. The Kier molecular flexibility index (Phi) is 6.07. The van der Waals surface area contributed by atoms with Crippen molar-refractivity contribution in [3.05, 3.63) is 66.2 Å². The molecular weight excluding hydrogens is 437 g/mol. The van der Waals surface area contributed by atoms with E-state index in [1.165, 1.54) is 18.5 Å². The van der Waals surface area contributed by atoms with Gasteiger partial charge in [0.25, 0.3) is 5.71 Å².